The lowest BCUT2D eigenvalue weighted by Crippen LogP contribution is -2.29. The Bertz CT molecular complexity index is 381. The van der Waals surface area contributed by atoms with E-state index in [4.69, 9.17) is 0 Å². The van der Waals surface area contributed by atoms with E-state index in [1.165, 1.54) is 18.4 Å². The number of fused-ring (bicyclic) bond motifs is 1. The molecule has 2 fully saturated rings. The quantitative estimate of drug-likeness (QED) is 0.887. The summed E-state index contributed by atoms with van der Waals surface area (Å²) in [6, 6.07) is 4.83. The lowest BCUT2D eigenvalue weighted by Gasteiger charge is -2.25. The van der Waals surface area contributed by atoms with Gasteiger partial charge in [0.05, 0.1) is 6.10 Å². The Morgan fingerprint density at radius 1 is 1.28 bits per heavy atom. The molecule has 1 heterocycles. The highest BCUT2D eigenvalue weighted by Crippen LogP contribution is 2.45. The number of pyridine rings is 1. The van der Waals surface area contributed by atoms with Gasteiger partial charge >= 0.3 is 0 Å². The van der Waals surface area contributed by atoms with Gasteiger partial charge in [-0.15, -0.1) is 0 Å². The minimum atomic E-state index is -0.0235. The fourth-order valence-corrected chi connectivity index (χ4v) is 3.82. The fourth-order valence-electron chi connectivity index (χ4n) is 3.82. The first-order valence-electron chi connectivity index (χ1n) is 6.99. The highest BCUT2D eigenvalue weighted by Gasteiger charge is 2.42. The average Bonchev–Trinajstić information content (AvgIpc) is 2.87. The normalized spacial score (nSPS) is 35.1. The second kappa shape index (κ2) is 4.98. The molecule has 18 heavy (non-hydrogen) atoms. The molecule has 3 heteroatoms. The Hall–Kier alpha value is -0.930. The van der Waals surface area contributed by atoms with Crippen LogP contribution in [0.25, 0.3) is 0 Å². The molecule has 0 amide bonds. The molecule has 0 aromatic carbocycles. The third kappa shape index (κ3) is 2.43. The van der Waals surface area contributed by atoms with Gasteiger partial charge in [0.25, 0.3) is 0 Å². The Balaban J connectivity index is 1.57. The van der Waals surface area contributed by atoms with Crippen molar-refractivity contribution >= 4 is 0 Å². The van der Waals surface area contributed by atoms with Crippen LogP contribution in [0.2, 0.25) is 0 Å². The Labute approximate surface area is 109 Å². The summed E-state index contributed by atoms with van der Waals surface area (Å²) >= 11 is 0. The summed E-state index contributed by atoms with van der Waals surface area (Å²) in [5, 5.41) is 9.67. The largest absolute Gasteiger partial charge is 0.393 e. The molecule has 3 rings (SSSR count). The predicted molar refractivity (Wildman–Crippen MR) is 70.9 cm³/mol. The Morgan fingerprint density at radius 3 is 2.61 bits per heavy atom. The first-order chi connectivity index (χ1) is 8.72. The summed E-state index contributed by atoms with van der Waals surface area (Å²) in [6.07, 6.45) is 8.34. The van der Waals surface area contributed by atoms with Crippen LogP contribution in [-0.2, 0) is 6.54 Å². The molecular weight excluding hydrogens is 224 g/mol. The molecule has 2 aliphatic carbocycles. The standard InChI is InChI=1S/C15H22N2O/c1-17(10-11-3-2-4-16-9-11)14-5-12-7-15(18)8-13(12)6-14/h2-4,9,12-15,18H,5-8,10H2,1H3/t12-,13+,14?,15?. The Kier molecular flexibility index (Phi) is 3.35. The van der Waals surface area contributed by atoms with E-state index >= 15 is 0 Å². The van der Waals surface area contributed by atoms with Gasteiger partial charge in [-0.2, -0.15) is 0 Å². The van der Waals surface area contributed by atoms with Crippen LogP contribution in [0.4, 0.5) is 0 Å². The van der Waals surface area contributed by atoms with E-state index in [-0.39, 0.29) is 6.10 Å². The summed E-state index contributed by atoms with van der Waals surface area (Å²) in [6.45, 7) is 0.987. The molecule has 2 unspecified atom stereocenters. The maximum Gasteiger partial charge on any atom is 0.0545 e. The lowest BCUT2D eigenvalue weighted by molar-refractivity contribution is 0.158. The molecule has 1 aromatic rings. The van der Waals surface area contributed by atoms with Crippen molar-refractivity contribution in [2.24, 2.45) is 11.8 Å². The maximum atomic E-state index is 9.67. The van der Waals surface area contributed by atoms with Gasteiger partial charge in [-0.25, -0.2) is 0 Å². The van der Waals surface area contributed by atoms with Crippen LogP contribution in [0.3, 0.4) is 0 Å². The number of hydrogen-bond donors (Lipinski definition) is 1. The van der Waals surface area contributed by atoms with Crippen molar-refractivity contribution in [2.45, 2.75) is 44.4 Å². The molecule has 0 bridgehead atoms. The second-order valence-electron chi connectivity index (χ2n) is 6.05. The van der Waals surface area contributed by atoms with Crippen molar-refractivity contribution in [3.8, 4) is 0 Å². The van der Waals surface area contributed by atoms with Gasteiger partial charge in [0.2, 0.25) is 0 Å². The number of nitrogens with zero attached hydrogens (tertiary/aromatic N) is 2. The van der Waals surface area contributed by atoms with Gasteiger partial charge in [-0.3, -0.25) is 9.88 Å². The van der Waals surface area contributed by atoms with Crippen LogP contribution < -0.4 is 0 Å². The maximum absolute atomic E-state index is 9.67. The van der Waals surface area contributed by atoms with E-state index in [2.05, 4.69) is 23.0 Å². The van der Waals surface area contributed by atoms with Crippen LogP contribution in [0, 0.1) is 11.8 Å². The number of rotatable bonds is 3. The van der Waals surface area contributed by atoms with Crippen molar-refractivity contribution in [3.63, 3.8) is 0 Å². The van der Waals surface area contributed by atoms with Crippen LogP contribution in [0.1, 0.15) is 31.2 Å². The van der Waals surface area contributed by atoms with E-state index in [0.29, 0.717) is 6.04 Å². The highest BCUT2D eigenvalue weighted by atomic mass is 16.3. The zero-order valence-corrected chi connectivity index (χ0v) is 11.0. The SMILES string of the molecule is CN(Cc1cccnc1)C1C[C@H]2CC(O)C[C@H]2C1. The zero-order chi connectivity index (χ0) is 12.5. The molecule has 0 saturated heterocycles. The smallest absolute Gasteiger partial charge is 0.0545 e. The number of aliphatic hydroxyl groups is 1. The first-order valence-corrected chi connectivity index (χ1v) is 6.99. The third-order valence-corrected chi connectivity index (χ3v) is 4.74. The number of aromatic nitrogens is 1. The van der Waals surface area contributed by atoms with Crippen LogP contribution in [0.5, 0.6) is 0 Å². The summed E-state index contributed by atoms with van der Waals surface area (Å²) in [5.74, 6) is 1.53. The van der Waals surface area contributed by atoms with Crippen LogP contribution in [-0.4, -0.2) is 34.2 Å². The number of aliphatic hydroxyl groups excluding tert-OH is 1. The van der Waals surface area contributed by atoms with E-state index in [1.807, 2.05) is 18.5 Å². The monoisotopic (exact) mass is 246 g/mol. The molecule has 98 valence electrons. The van der Waals surface area contributed by atoms with Crippen LogP contribution >= 0.6 is 0 Å². The second-order valence-corrected chi connectivity index (χ2v) is 6.05. The summed E-state index contributed by atoms with van der Waals surface area (Å²) in [4.78, 5) is 6.63. The Morgan fingerprint density at radius 2 is 2.00 bits per heavy atom. The minimum Gasteiger partial charge on any atom is -0.393 e. The van der Waals surface area contributed by atoms with Crippen molar-refractivity contribution < 1.29 is 5.11 Å². The summed E-state index contributed by atoms with van der Waals surface area (Å²) in [7, 11) is 2.22. The van der Waals surface area contributed by atoms with Gasteiger partial charge in [0.15, 0.2) is 0 Å². The van der Waals surface area contributed by atoms with Crippen LogP contribution in [0.15, 0.2) is 24.5 Å². The molecular formula is C15H22N2O. The van der Waals surface area contributed by atoms with E-state index < -0.39 is 0 Å². The van der Waals surface area contributed by atoms with Crippen molar-refractivity contribution in [2.75, 3.05) is 7.05 Å². The minimum absolute atomic E-state index is 0.0235. The fraction of sp³-hybridized carbons (Fsp3) is 0.667. The molecule has 2 aliphatic rings. The lowest BCUT2D eigenvalue weighted by atomic mass is 10.0. The van der Waals surface area contributed by atoms with Crippen molar-refractivity contribution in [3.05, 3.63) is 30.1 Å². The summed E-state index contributed by atoms with van der Waals surface area (Å²) in [5.41, 5.74) is 1.29. The molecule has 0 radical (unpaired) electrons. The number of hydrogen-bond acceptors (Lipinski definition) is 3. The topological polar surface area (TPSA) is 36.4 Å². The molecule has 0 spiro atoms. The molecule has 3 nitrogen and oxygen atoms in total. The predicted octanol–water partition coefficient (Wildman–Crippen LogP) is 2.06. The highest BCUT2D eigenvalue weighted by molar-refractivity contribution is 5.08. The molecule has 1 aromatic heterocycles. The summed E-state index contributed by atoms with van der Waals surface area (Å²) < 4.78 is 0. The van der Waals surface area contributed by atoms with Crippen molar-refractivity contribution in [1.82, 2.24) is 9.88 Å². The van der Waals surface area contributed by atoms with Gasteiger partial charge in [-0.1, -0.05) is 6.07 Å². The van der Waals surface area contributed by atoms with Crippen molar-refractivity contribution in [1.29, 1.82) is 0 Å². The molecule has 0 aliphatic heterocycles. The van der Waals surface area contributed by atoms with E-state index in [0.717, 1.165) is 31.2 Å². The van der Waals surface area contributed by atoms with E-state index in [9.17, 15) is 5.11 Å². The van der Waals surface area contributed by atoms with Gasteiger partial charge in [-0.05, 0) is 56.2 Å². The zero-order valence-electron chi connectivity index (χ0n) is 11.0. The van der Waals surface area contributed by atoms with Gasteiger partial charge in [0, 0.05) is 25.0 Å². The molecule has 1 N–H and O–H groups in total. The van der Waals surface area contributed by atoms with E-state index in [1.54, 1.807) is 0 Å². The third-order valence-electron chi connectivity index (χ3n) is 4.74. The molecule has 4 atom stereocenters. The first kappa shape index (κ1) is 12.1. The average molecular weight is 246 g/mol. The van der Waals surface area contributed by atoms with Gasteiger partial charge < -0.3 is 5.11 Å². The van der Waals surface area contributed by atoms with Gasteiger partial charge in [0.1, 0.15) is 0 Å². The molecule has 2 saturated carbocycles.